The normalized spacial score (nSPS) is 11.7. The summed E-state index contributed by atoms with van der Waals surface area (Å²) in [7, 11) is -3.01. The third-order valence-corrected chi connectivity index (χ3v) is 4.84. The third kappa shape index (κ3) is 3.58. The Bertz CT molecular complexity index is 651. The van der Waals surface area contributed by atoms with Crippen LogP contribution in [0.15, 0.2) is 36.4 Å². The average Bonchev–Trinajstić information content (AvgIpc) is 2.79. The van der Waals surface area contributed by atoms with Gasteiger partial charge in [0.1, 0.15) is 5.15 Å². The van der Waals surface area contributed by atoms with E-state index >= 15 is 0 Å². The molecule has 6 heteroatoms. The molecule has 0 saturated heterocycles. The molecule has 1 aromatic heterocycles. The number of rotatable bonds is 5. The molecule has 2 aromatic rings. The highest BCUT2D eigenvalue weighted by Crippen LogP contribution is 2.21. The van der Waals surface area contributed by atoms with Crippen molar-refractivity contribution in [3.05, 3.63) is 41.6 Å². The molecule has 0 bridgehead atoms. The second-order valence-electron chi connectivity index (χ2n) is 4.18. The van der Waals surface area contributed by atoms with Crippen molar-refractivity contribution in [2.24, 2.45) is 0 Å². The highest BCUT2D eigenvalue weighted by Gasteiger charge is 2.11. The fourth-order valence-electron chi connectivity index (χ4n) is 1.67. The topological polar surface area (TPSA) is 52.0 Å². The van der Waals surface area contributed by atoms with E-state index in [2.05, 4.69) is 5.10 Å². The monoisotopic (exact) mass is 298 g/mol. The summed E-state index contributed by atoms with van der Waals surface area (Å²) in [5.41, 5.74) is 1.71. The van der Waals surface area contributed by atoms with Crippen molar-refractivity contribution < 1.29 is 8.42 Å². The first-order valence-corrected chi connectivity index (χ1v) is 8.21. The summed E-state index contributed by atoms with van der Waals surface area (Å²) in [5.74, 6) is 0.191. The van der Waals surface area contributed by atoms with Gasteiger partial charge in [0.2, 0.25) is 0 Å². The SMILES string of the molecule is CCS(=O)(=O)CCn1nc(-c2ccccc2)cc1Cl. The molecule has 0 aliphatic rings. The van der Waals surface area contributed by atoms with Gasteiger partial charge in [0.15, 0.2) is 9.84 Å². The van der Waals surface area contributed by atoms with E-state index in [0.717, 1.165) is 11.3 Å². The Balaban J connectivity index is 2.18. The van der Waals surface area contributed by atoms with E-state index in [9.17, 15) is 8.42 Å². The van der Waals surface area contributed by atoms with Crippen LogP contribution in [0.5, 0.6) is 0 Å². The van der Waals surface area contributed by atoms with Gasteiger partial charge < -0.3 is 0 Å². The van der Waals surface area contributed by atoms with Crippen molar-refractivity contribution in [3.8, 4) is 11.3 Å². The molecule has 0 aliphatic carbocycles. The predicted molar refractivity (Wildman–Crippen MR) is 77.0 cm³/mol. The van der Waals surface area contributed by atoms with Gasteiger partial charge in [0.05, 0.1) is 18.0 Å². The number of aryl methyl sites for hydroxylation is 1. The Morgan fingerprint density at radius 2 is 1.95 bits per heavy atom. The summed E-state index contributed by atoms with van der Waals surface area (Å²) in [4.78, 5) is 0. The molecular weight excluding hydrogens is 284 g/mol. The van der Waals surface area contributed by atoms with E-state index in [1.54, 1.807) is 13.0 Å². The maximum Gasteiger partial charge on any atom is 0.151 e. The summed E-state index contributed by atoms with van der Waals surface area (Å²) in [6.45, 7) is 1.91. The van der Waals surface area contributed by atoms with Crippen molar-refractivity contribution in [2.75, 3.05) is 11.5 Å². The lowest BCUT2D eigenvalue weighted by Crippen LogP contribution is -2.15. The Kier molecular flexibility index (Phi) is 4.27. The first kappa shape index (κ1) is 14.1. The summed E-state index contributed by atoms with van der Waals surface area (Å²) in [5, 5.41) is 4.79. The molecule has 1 heterocycles. The molecule has 0 atom stereocenters. The van der Waals surface area contributed by atoms with Crippen LogP contribution in [-0.2, 0) is 16.4 Å². The van der Waals surface area contributed by atoms with E-state index in [-0.39, 0.29) is 18.1 Å². The van der Waals surface area contributed by atoms with E-state index < -0.39 is 9.84 Å². The van der Waals surface area contributed by atoms with E-state index in [1.807, 2.05) is 30.3 Å². The van der Waals surface area contributed by atoms with Crippen molar-refractivity contribution in [1.82, 2.24) is 9.78 Å². The summed E-state index contributed by atoms with van der Waals surface area (Å²) < 4.78 is 24.5. The molecular formula is C13H15ClN2O2S. The van der Waals surface area contributed by atoms with Gasteiger partial charge in [-0.2, -0.15) is 5.10 Å². The minimum atomic E-state index is -3.01. The number of aromatic nitrogens is 2. The average molecular weight is 299 g/mol. The first-order valence-electron chi connectivity index (χ1n) is 6.01. The molecule has 0 aliphatic heterocycles. The molecule has 1 aromatic carbocycles. The molecule has 19 heavy (non-hydrogen) atoms. The quantitative estimate of drug-likeness (QED) is 0.852. The van der Waals surface area contributed by atoms with Gasteiger partial charge >= 0.3 is 0 Å². The van der Waals surface area contributed by atoms with Crippen LogP contribution in [0.1, 0.15) is 6.92 Å². The van der Waals surface area contributed by atoms with E-state index in [1.165, 1.54) is 4.68 Å². The molecule has 0 unspecified atom stereocenters. The predicted octanol–water partition coefficient (Wildman–Crippen LogP) is 2.64. The van der Waals surface area contributed by atoms with Gasteiger partial charge in [-0.1, -0.05) is 48.9 Å². The maximum atomic E-state index is 11.5. The van der Waals surface area contributed by atoms with Gasteiger partial charge in [0, 0.05) is 17.4 Å². The fourth-order valence-corrected chi connectivity index (χ4v) is 2.64. The fraction of sp³-hybridized carbons (Fsp3) is 0.308. The van der Waals surface area contributed by atoms with Gasteiger partial charge in [0.25, 0.3) is 0 Å². The zero-order valence-electron chi connectivity index (χ0n) is 10.6. The van der Waals surface area contributed by atoms with E-state index in [0.29, 0.717) is 5.15 Å². The molecule has 0 radical (unpaired) electrons. The van der Waals surface area contributed by atoms with Crippen LogP contribution in [0.3, 0.4) is 0 Å². The number of hydrogen-bond donors (Lipinski definition) is 0. The van der Waals surface area contributed by atoms with Crippen LogP contribution in [0.4, 0.5) is 0 Å². The maximum absolute atomic E-state index is 11.5. The minimum Gasteiger partial charge on any atom is -0.252 e. The number of sulfone groups is 1. The number of hydrogen-bond acceptors (Lipinski definition) is 3. The Morgan fingerprint density at radius 3 is 2.58 bits per heavy atom. The van der Waals surface area contributed by atoms with Gasteiger partial charge in [-0.25, -0.2) is 8.42 Å². The van der Waals surface area contributed by atoms with Crippen molar-refractivity contribution in [2.45, 2.75) is 13.5 Å². The zero-order chi connectivity index (χ0) is 13.9. The zero-order valence-corrected chi connectivity index (χ0v) is 12.2. The van der Waals surface area contributed by atoms with Crippen molar-refractivity contribution >= 4 is 21.4 Å². The number of halogens is 1. The third-order valence-electron chi connectivity index (χ3n) is 2.85. The van der Waals surface area contributed by atoms with Gasteiger partial charge in [-0.3, -0.25) is 4.68 Å². The van der Waals surface area contributed by atoms with Crippen LogP contribution in [0, 0.1) is 0 Å². The molecule has 0 saturated carbocycles. The largest absolute Gasteiger partial charge is 0.252 e. The summed E-state index contributed by atoms with van der Waals surface area (Å²) in [6.07, 6.45) is 0. The second-order valence-corrected chi connectivity index (χ2v) is 7.04. The molecule has 4 nitrogen and oxygen atoms in total. The van der Waals surface area contributed by atoms with Crippen LogP contribution >= 0.6 is 11.6 Å². The van der Waals surface area contributed by atoms with Crippen LogP contribution in [0.25, 0.3) is 11.3 Å². The Hall–Kier alpha value is -1.33. The Labute approximate surface area is 117 Å². The molecule has 102 valence electrons. The molecule has 0 spiro atoms. The van der Waals surface area contributed by atoms with Crippen molar-refractivity contribution in [3.63, 3.8) is 0 Å². The molecule has 0 N–H and O–H groups in total. The lowest BCUT2D eigenvalue weighted by Gasteiger charge is -2.03. The van der Waals surface area contributed by atoms with Crippen LogP contribution in [0.2, 0.25) is 5.15 Å². The highest BCUT2D eigenvalue weighted by molar-refractivity contribution is 7.91. The standard InChI is InChI=1S/C13H15ClN2O2S/c1-2-19(17,18)9-8-16-13(14)10-12(15-16)11-6-4-3-5-7-11/h3-7,10H,2,8-9H2,1H3. The van der Waals surface area contributed by atoms with Gasteiger partial charge in [-0.05, 0) is 0 Å². The summed E-state index contributed by atoms with van der Waals surface area (Å²) >= 11 is 6.07. The van der Waals surface area contributed by atoms with Crippen LogP contribution < -0.4 is 0 Å². The van der Waals surface area contributed by atoms with Crippen molar-refractivity contribution in [1.29, 1.82) is 0 Å². The molecule has 2 rings (SSSR count). The lowest BCUT2D eigenvalue weighted by molar-refractivity contribution is 0.582. The first-order chi connectivity index (χ1) is 9.02. The molecule has 0 amide bonds. The molecule has 0 fully saturated rings. The number of nitrogens with zero attached hydrogens (tertiary/aromatic N) is 2. The highest BCUT2D eigenvalue weighted by atomic mass is 35.5. The van der Waals surface area contributed by atoms with Gasteiger partial charge in [-0.15, -0.1) is 0 Å². The minimum absolute atomic E-state index is 0.0547. The number of benzene rings is 1. The summed E-state index contributed by atoms with van der Waals surface area (Å²) in [6, 6.07) is 11.4. The smallest absolute Gasteiger partial charge is 0.151 e. The van der Waals surface area contributed by atoms with Crippen LogP contribution in [-0.4, -0.2) is 29.7 Å². The van der Waals surface area contributed by atoms with E-state index in [4.69, 9.17) is 11.6 Å². The Morgan fingerprint density at radius 1 is 1.26 bits per heavy atom. The lowest BCUT2D eigenvalue weighted by atomic mass is 10.2. The second kappa shape index (κ2) is 5.75.